The molecule has 36 atom stereocenters. The SMILES string of the molecule is CCOP(=O)(O)OC[C@@H]1O[C@@H]2O[C@H]3[C@H](O)[C@H](O)[C@@H](O[C@H]4[C@@H](O)[C@H](O)[C@@H](O[C@H]5[C@H](O)[C@@H](O)[C@@H](O[C@H]6[C@H](O)[C@@H](O)[C@@H](O[C@H]7[C@H](O)[C@@H](O)[C@@H](O[C@H]8[C@H](O)[C@@H](O)[C@@H](O[C@H]1[C@H](O)[C@H]2O)O[C@H]8CO)O[C@H]7CO)O[C@H]6CO)O[C@@H]5CO)O[C@@H]4CO)O[C@@H]3CO. The minimum atomic E-state index is -4.96. The highest BCUT2D eigenvalue weighted by atomic mass is 31.2. The van der Waals surface area contributed by atoms with Gasteiger partial charge in [0.1, 0.15) is 171 Å². The number of phosphoric acid groups is 1. The summed E-state index contributed by atoms with van der Waals surface area (Å²) in [5.74, 6) is 0. The van der Waals surface area contributed by atoms with E-state index in [1.165, 1.54) is 6.92 Å². The Hall–Kier alpha value is -1.25. The summed E-state index contributed by atoms with van der Waals surface area (Å²) < 4.78 is 102. The Balaban J connectivity index is 1.10. The minimum Gasteiger partial charge on any atom is -0.394 e. The second-order valence-corrected chi connectivity index (χ2v) is 22.1. The molecule has 21 N–H and O–H groups in total. The Morgan fingerprint density at radius 1 is 0.277 bits per heavy atom. The number of rotatable bonds is 11. The van der Waals surface area contributed by atoms with Gasteiger partial charge >= 0.3 is 7.82 Å². The molecular formula is C44H75O38P. The summed E-state index contributed by atoms with van der Waals surface area (Å²) >= 11 is 0. The van der Waals surface area contributed by atoms with Crippen LogP contribution in [0.5, 0.6) is 0 Å². The van der Waals surface area contributed by atoms with Gasteiger partial charge in [0, 0.05) is 0 Å². The van der Waals surface area contributed by atoms with Crippen LogP contribution in [0.1, 0.15) is 6.92 Å². The number of aliphatic hydroxyl groups excluding tert-OH is 20. The summed E-state index contributed by atoms with van der Waals surface area (Å²) in [6, 6.07) is 0. The Morgan fingerprint density at radius 2 is 0.446 bits per heavy atom. The third-order valence-corrected chi connectivity index (χ3v) is 16.4. The largest absolute Gasteiger partial charge is 0.472 e. The monoisotopic (exact) mass is 1240 g/mol. The van der Waals surface area contributed by atoms with Crippen LogP contribution in [-0.4, -0.2) is 375 Å². The Kier molecular flexibility index (Phi) is 23.4. The van der Waals surface area contributed by atoms with Gasteiger partial charge in [-0.3, -0.25) is 9.05 Å². The topological polar surface area (TPSA) is 590 Å². The lowest BCUT2D eigenvalue weighted by Gasteiger charge is -2.50. The number of aliphatic hydroxyl groups is 20. The van der Waals surface area contributed by atoms with Crippen LogP contribution in [0.15, 0.2) is 0 Å². The normalized spacial score (nSPS) is 53.0. The van der Waals surface area contributed by atoms with E-state index in [2.05, 4.69) is 0 Å². The predicted octanol–water partition coefficient (Wildman–Crippen LogP) is -14.1. The second kappa shape index (κ2) is 28.7. The van der Waals surface area contributed by atoms with Gasteiger partial charge < -0.3 is 173 Å². The first-order valence-electron chi connectivity index (χ1n) is 26.3. The average molecular weight is 1240 g/mol. The van der Waals surface area contributed by atoms with Gasteiger partial charge in [-0.25, -0.2) is 4.57 Å². The average Bonchev–Trinajstić information content (AvgIpc) is 3.65. The number of phosphoric ester groups is 1. The van der Waals surface area contributed by atoms with Gasteiger partial charge in [-0.1, -0.05) is 0 Å². The lowest BCUT2D eigenvalue weighted by atomic mass is 9.95. The van der Waals surface area contributed by atoms with Crippen molar-refractivity contribution in [2.24, 2.45) is 0 Å². The molecule has 1 unspecified atom stereocenters. The van der Waals surface area contributed by atoms with Gasteiger partial charge in [-0.15, -0.1) is 0 Å². The van der Waals surface area contributed by atoms with Crippen LogP contribution in [0.25, 0.3) is 0 Å². The molecule has 0 aromatic rings. The van der Waals surface area contributed by atoms with E-state index in [4.69, 9.17) is 75.4 Å². The van der Waals surface area contributed by atoms with Crippen molar-refractivity contribution < 1.29 is 187 Å². The van der Waals surface area contributed by atoms with Crippen LogP contribution in [0.2, 0.25) is 0 Å². The molecule has 21 heterocycles. The summed E-state index contributed by atoms with van der Waals surface area (Å²) in [4.78, 5) is 10.3. The third kappa shape index (κ3) is 14.1. The molecule has 0 amide bonds. The molecule has 14 bridgehead atoms. The number of hydrogen-bond acceptors (Lipinski definition) is 37. The van der Waals surface area contributed by atoms with Crippen LogP contribution in [0.3, 0.4) is 0 Å². The molecule has 0 aromatic carbocycles. The molecular weight excluding hydrogens is 1170 g/mol. The zero-order chi connectivity index (χ0) is 60.7. The van der Waals surface area contributed by atoms with Crippen LogP contribution < -0.4 is 0 Å². The highest BCUT2D eigenvalue weighted by Crippen LogP contribution is 2.45. The molecule has 0 aromatic heterocycles. The first-order valence-corrected chi connectivity index (χ1v) is 27.8. The van der Waals surface area contributed by atoms with E-state index in [1.54, 1.807) is 0 Å². The van der Waals surface area contributed by atoms with Crippen molar-refractivity contribution in [1.29, 1.82) is 0 Å². The fourth-order valence-corrected chi connectivity index (χ4v) is 11.5. The van der Waals surface area contributed by atoms with Gasteiger partial charge in [0.05, 0.1) is 52.9 Å². The van der Waals surface area contributed by atoms with E-state index in [0.29, 0.717) is 0 Å². The van der Waals surface area contributed by atoms with E-state index < -0.39 is 269 Å². The zero-order valence-electron chi connectivity index (χ0n) is 43.6. The smallest absolute Gasteiger partial charge is 0.394 e. The maximum Gasteiger partial charge on any atom is 0.472 e. The highest BCUT2D eigenvalue weighted by molar-refractivity contribution is 7.47. The van der Waals surface area contributed by atoms with E-state index in [0.717, 1.165) is 0 Å². The fourth-order valence-electron chi connectivity index (χ4n) is 10.8. The molecule has 21 saturated heterocycles. The highest BCUT2D eigenvalue weighted by Gasteiger charge is 2.60. The van der Waals surface area contributed by atoms with Crippen LogP contribution >= 0.6 is 7.82 Å². The first kappa shape index (κ1) is 67.7. The molecule has 484 valence electrons. The van der Waals surface area contributed by atoms with Crippen molar-refractivity contribution in [3.05, 3.63) is 0 Å². The van der Waals surface area contributed by atoms with Crippen molar-refractivity contribution >= 4 is 7.82 Å². The molecule has 21 aliphatic rings. The molecule has 38 nitrogen and oxygen atoms in total. The van der Waals surface area contributed by atoms with Crippen LogP contribution in [0.4, 0.5) is 0 Å². The molecule has 21 fully saturated rings. The molecule has 21 aliphatic heterocycles. The molecule has 83 heavy (non-hydrogen) atoms. The summed E-state index contributed by atoms with van der Waals surface area (Å²) in [5.41, 5.74) is 0. The first-order chi connectivity index (χ1) is 39.4. The molecule has 0 radical (unpaired) electrons. The summed E-state index contributed by atoms with van der Waals surface area (Å²) in [6.07, 6.45) is -72.6. The predicted molar refractivity (Wildman–Crippen MR) is 249 cm³/mol. The van der Waals surface area contributed by atoms with E-state index in [-0.39, 0.29) is 6.61 Å². The molecule has 0 aliphatic carbocycles. The van der Waals surface area contributed by atoms with Crippen molar-refractivity contribution in [3.63, 3.8) is 0 Å². The second-order valence-electron chi connectivity index (χ2n) is 20.7. The van der Waals surface area contributed by atoms with Crippen LogP contribution in [-0.2, 0) is 79.9 Å². The van der Waals surface area contributed by atoms with Crippen molar-refractivity contribution in [2.75, 3.05) is 52.9 Å². The Bertz CT molecular complexity index is 2040. The minimum absolute atomic E-state index is 0.376. The molecule has 0 spiro atoms. The number of hydrogen-bond donors (Lipinski definition) is 21. The van der Waals surface area contributed by atoms with E-state index in [1.807, 2.05) is 0 Å². The number of ether oxygens (including phenoxy) is 14. The summed E-state index contributed by atoms with van der Waals surface area (Å²) in [6.45, 7) is -6.67. The Labute approximate surface area is 468 Å². The summed E-state index contributed by atoms with van der Waals surface area (Å²) in [5, 5.41) is 222. The maximum absolute atomic E-state index is 12.7. The van der Waals surface area contributed by atoms with Gasteiger partial charge in [0.15, 0.2) is 44.0 Å². The standard InChI is InChI=1S/C44H75O38P/c1-2-67-83(65,66)68-9-16-37-23(57)30(64)44(75-16)81-36-15(8-50)73-42(28(62)21(36)55)79-34-13(6-48)71-40(26(60)19(34)53)77-32-11(4-46)69-38(24(58)17(32)51)76-31-10(3-45)70-39(25(59)18(31)52)78-33-12(5-47)72-41(27(61)20(33)54)80-35-14(7-49)74-43(82-37)29(63)22(35)56/h10-64H,2-9H2,1H3,(H,65,66)/t10-,11+,12-,13+,14-,15+,16-,17+,18+,19-,20+,21+,22+,23+,24+,25+,26-,27+,28-,29+,30+,31+,32+,33+,34+,35+,36+,37+,38+,39+,40+,41+,42+,43+,44+/m0/s1. The maximum atomic E-state index is 12.7. The quantitative estimate of drug-likeness (QED) is 0.0854. The lowest BCUT2D eigenvalue weighted by molar-refractivity contribution is -0.396. The van der Waals surface area contributed by atoms with E-state index >= 15 is 0 Å². The summed E-state index contributed by atoms with van der Waals surface area (Å²) in [7, 11) is -4.96. The van der Waals surface area contributed by atoms with Crippen molar-refractivity contribution in [3.8, 4) is 0 Å². The Morgan fingerprint density at radius 3 is 0.614 bits per heavy atom. The van der Waals surface area contributed by atoms with Gasteiger partial charge in [0.2, 0.25) is 0 Å². The van der Waals surface area contributed by atoms with Gasteiger partial charge in [-0.05, 0) is 6.92 Å². The fraction of sp³-hybridized carbons (Fsp3) is 1.00. The van der Waals surface area contributed by atoms with Crippen LogP contribution in [0, 0.1) is 0 Å². The van der Waals surface area contributed by atoms with Crippen molar-refractivity contribution in [2.45, 2.75) is 222 Å². The molecule has 21 rings (SSSR count). The molecule has 0 saturated carbocycles. The zero-order valence-corrected chi connectivity index (χ0v) is 44.5. The molecule has 39 heteroatoms. The third-order valence-electron chi connectivity index (χ3n) is 15.3. The van der Waals surface area contributed by atoms with E-state index in [9.17, 15) is 112 Å². The lowest BCUT2D eigenvalue weighted by Crippen LogP contribution is -2.68. The van der Waals surface area contributed by atoms with Crippen molar-refractivity contribution in [1.82, 2.24) is 0 Å². The van der Waals surface area contributed by atoms with Gasteiger partial charge in [0.25, 0.3) is 0 Å². The van der Waals surface area contributed by atoms with Gasteiger partial charge in [-0.2, -0.15) is 0 Å².